The highest BCUT2D eigenvalue weighted by Crippen LogP contribution is 2.41. The van der Waals surface area contributed by atoms with Gasteiger partial charge in [0.2, 0.25) is 0 Å². The molecule has 0 spiro atoms. The van der Waals surface area contributed by atoms with Gasteiger partial charge in [-0.05, 0) is 39.4 Å². The maximum atomic E-state index is 10.8. The molecule has 0 amide bonds. The quantitative estimate of drug-likeness (QED) is 0.886. The molecule has 0 heterocycles. The van der Waals surface area contributed by atoms with E-state index in [-0.39, 0.29) is 11.6 Å². The number of aryl methyl sites for hydroxylation is 1. The summed E-state index contributed by atoms with van der Waals surface area (Å²) in [4.78, 5) is 2.24. The lowest BCUT2D eigenvalue weighted by molar-refractivity contribution is -0.0336. The Bertz CT molecular complexity index is 394. The molecule has 1 aromatic carbocycles. The van der Waals surface area contributed by atoms with Crippen LogP contribution in [0.1, 0.15) is 49.3 Å². The van der Waals surface area contributed by atoms with E-state index in [0.29, 0.717) is 0 Å². The van der Waals surface area contributed by atoms with Gasteiger partial charge in [-0.15, -0.1) is 0 Å². The average molecular weight is 247 g/mol. The fraction of sp³-hybridized carbons (Fsp3) is 0.625. The Kier molecular flexibility index (Phi) is 4.08. The van der Waals surface area contributed by atoms with E-state index < -0.39 is 0 Å². The molecule has 1 aliphatic rings. The van der Waals surface area contributed by atoms with E-state index in [0.717, 1.165) is 18.4 Å². The predicted octanol–water partition coefficient (Wildman–Crippen LogP) is 3.29. The summed E-state index contributed by atoms with van der Waals surface area (Å²) >= 11 is 0. The lowest BCUT2D eigenvalue weighted by atomic mass is 9.74. The second kappa shape index (κ2) is 5.41. The molecule has 1 N–H and O–H groups in total. The van der Waals surface area contributed by atoms with Crippen molar-refractivity contribution >= 4 is 0 Å². The number of rotatable bonds is 3. The van der Waals surface area contributed by atoms with E-state index in [9.17, 15) is 5.11 Å². The third-order valence-electron chi connectivity index (χ3n) is 4.48. The van der Waals surface area contributed by atoms with Gasteiger partial charge in [-0.2, -0.15) is 0 Å². The molecule has 0 aromatic heterocycles. The van der Waals surface area contributed by atoms with E-state index in [1.165, 1.54) is 24.8 Å². The first-order valence-corrected chi connectivity index (χ1v) is 6.98. The van der Waals surface area contributed by atoms with Gasteiger partial charge in [0, 0.05) is 0 Å². The van der Waals surface area contributed by atoms with E-state index in [1.807, 2.05) is 6.07 Å². The van der Waals surface area contributed by atoms with Crippen LogP contribution in [0.4, 0.5) is 0 Å². The summed E-state index contributed by atoms with van der Waals surface area (Å²) in [5.74, 6) is 0. The SMILES string of the molecule is Cc1cccc(C(O)C2(N(C)C)CCCCC2)c1. The van der Waals surface area contributed by atoms with Gasteiger partial charge in [-0.25, -0.2) is 0 Å². The standard InChI is InChI=1S/C16H25NO/c1-13-8-7-9-14(12-13)15(18)16(17(2)3)10-5-4-6-11-16/h7-9,12,15,18H,4-6,10-11H2,1-3H3. The minimum atomic E-state index is -0.382. The normalized spacial score (nSPS) is 20.9. The number of likely N-dealkylation sites (N-methyl/N-ethyl adjacent to an activating group) is 1. The summed E-state index contributed by atoms with van der Waals surface area (Å²) < 4.78 is 0. The first-order valence-electron chi connectivity index (χ1n) is 6.98. The Labute approximate surface area is 111 Å². The van der Waals surface area contributed by atoms with Gasteiger partial charge in [0.25, 0.3) is 0 Å². The zero-order chi connectivity index (χ0) is 13.2. The van der Waals surface area contributed by atoms with Crippen molar-refractivity contribution in [2.75, 3.05) is 14.1 Å². The first kappa shape index (κ1) is 13.6. The lowest BCUT2D eigenvalue weighted by Crippen LogP contribution is -2.50. The van der Waals surface area contributed by atoms with Crippen molar-refractivity contribution < 1.29 is 5.11 Å². The Morgan fingerprint density at radius 2 is 1.83 bits per heavy atom. The molecular formula is C16H25NO. The van der Waals surface area contributed by atoms with E-state index in [1.54, 1.807) is 0 Å². The number of hydrogen-bond donors (Lipinski definition) is 1. The molecule has 0 saturated heterocycles. The van der Waals surface area contributed by atoms with Crippen LogP contribution in [0.3, 0.4) is 0 Å². The van der Waals surface area contributed by atoms with Crippen LogP contribution in [0.5, 0.6) is 0 Å². The number of aliphatic hydroxyl groups is 1. The number of hydrogen-bond acceptors (Lipinski definition) is 2. The van der Waals surface area contributed by atoms with E-state index >= 15 is 0 Å². The van der Waals surface area contributed by atoms with Crippen molar-refractivity contribution in [3.63, 3.8) is 0 Å². The molecule has 2 rings (SSSR count). The molecule has 2 heteroatoms. The Balaban J connectivity index is 2.31. The van der Waals surface area contributed by atoms with Crippen LogP contribution in [-0.4, -0.2) is 29.6 Å². The van der Waals surface area contributed by atoms with Gasteiger partial charge < -0.3 is 10.0 Å². The van der Waals surface area contributed by atoms with Crippen LogP contribution < -0.4 is 0 Å². The fourth-order valence-electron chi connectivity index (χ4n) is 3.28. The topological polar surface area (TPSA) is 23.5 Å². The van der Waals surface area contributed by atoms with Crippen molar-refractivity contribution in [2.24, 2.45) is 0 Å². The average Bonchev–Trinajstić information content (AvgIpc) is 2.38. The number of benzene rings is 1. The maximum Gasteiger partial charge on any atom is 0.0973 e. The van der Waals surface area contributed by atoms with Crippen LogP contribution >= 0.6 is 0 Å². The van der Waals surface area contributed by atoms with Gasteiger partial charge in [0.15, 0.2) is 0 Å². The molecular weight excluding hydrogens is 222 g/mol. The molecule has 1 saturated carbocycles. The molecule has 1 fully saturated rings. The summed E-state index contributed by atoms with van der Waals surface area (Å²) in [6.07, 6.45) is 5.55. The number of aliphatic hydroxyl groups excluding tert-OH is 1. The molecule has 0 radical (unpaired) electrons. The van der Waals surface area contributed by atoms with E-state index in [4.69, 9.17) is 0 Å². The fourth-order valence-corrected chi connectivity index (χ4v) is 3.28. The molecule has 1 aromatic rings. The predicted molar refractivity (Wildman–Crippen MR) is 75.6 cm³/mol. The van der Waals surface area contributed by atoms with Gasteiger partial charge in [0.1, 0.15) is 0 Å². The van der Waals surface area contributed by atoms with Crippen LogP contribution in [-0.2, 0) is 0 Å². The summed E-state index contributed by atoms with van der Waals surface area (Å²) in [6.45, 7) is 2.08. The summed E-state index contributed by atoms with van der Waals surface area (Å²) in [6, 6.07) is 8.29. The molecule has 1 atom stereocenters. The Morgan fingerprint density at radius 3 is 2.39 bits per heavy atom. The maximum absolute atomic E-state index is 10.8. The van der Waals surface area contributed by atoms with Crippen molar-refractivity contribution in [1.82, 2.24) is 4.90 Å². The zero-order valence-electron chi connectivity index (χ0n) is 11.8. The van der Waals surface area contributed by atoms with Crippen molar-refractivity contribution in [1.29, 1.82) is 0 Å². The highest BCUT2D eigenvalue weighted by atomic mass is 16.3. The molecule has 100 valence electrons. The minimum Gasteiger partial charge on any atom is -0.386 e. The van der Waals surface area contributed by atoms with Gasteiger partial charge in [-0.3, -0.25) is 0 Å². The largest absolute Gasteiger partial charge is 0.386 e. The molecule has 1 aliphatic carbocycles. The molecule has 1 unspecified atom stereocenters. The third kappa shape index (κ3) is 2.45. The van der Waals surface area contributed by atoms with Crippen LogP contribution in [0, 0.1) is 6.92 Å². The Morgan fingerprint density at radius 1 is 1.17 bits per heavy atom. The second-order valence-corrected chi connectivity index (χ2v) is 5.88. The molecule has 0 bridgehead atoms. The van der Waals surface area contributed by atoms with Gasteiger partial charge >= 0.3 is 0 Å². The summed E-state index contributed by atoms with van der Waals surface area (Å²) in [7, 11) is 4.20. The van der Waals surface area contributed by atoms with Crippen LogP contribution in [0.2, 0.25) is 0 Å². The highest BCUT2D eigenvalue weighted by Gasteiger charge is 2.41. The lowest BCUT2D eigenvalue weighted by Gasteiger charge is -2.46. The van der Waals surface area contributed by atoms with Gasteiger partial charge in [0.05, 0.1) is 11.6 Å². The zero-order valence-corrected chi connectivity index (χ0v) is 11.8. The minimum absolute atomic E-state index is 0.0773. The highest BCUT2D eigenvalue weighted by molar-refractivity contribution is 5.27. The third-order valence-corrected chi connectivity index (χ3v) is 4.48. The number of nitrogens with zero attached hydrogens (tertiary/aromatic N) is 1. The van der Waals surface area contributed by atoms with Crippen molar-refractivity contribution in [3.8, 4) is 0 Å². The molecule has 18 heavy (non-hydrogen) atoms. The summed E-state index contributed by atoms with van der Waals surface area (Å²) in [5.41, 5.74) is 2.20. The molecule has 2 nitrogen and oxygen atoms in total. The van der Waals surface area contributed by atoms with Crippen molar-refractivity contribution in [2.45, 2.75) is 50.7 Å². The monoisotopic (exact) mass is 247 g/mol. The Hall–Kier alpha value is -0.860. The van der Waals surface area contributed by atoms with Crippen molar-refractivity contribution in [3.05, 3.63) is 35.4 Å². The summed E-state index contributed by atoms with van der Waals surface area (Å²) in [5, 5.41) is 10.8. The van der Waals surface area contributed by atoms with Crippen LogP contribution in [0.15, 0.2) is 24.3 Å². The van der Waals surface area contributed by atoms with E-state index in [2.05, 4.69) is 44.1 Å². The second-order valence-electron chi connectivity index (χ2n) is 5.88. The van der Waals surface area contributed by atoms with Crippen LogP contribution in [0.25, 0.3) is 0 Å². The molecule has 0 aliphatic heterocycles. The van der Waals surface area contributed by atoms with Gasteiger partial charge in [-0.1, -0.05) is 49.1 Å². The first-order chi connectivity index (χ1) is 8.56. The smallest absolute Gasteiger partial charge is 0.0973 e.